The summed E-state index contributed by atoms with van der Waals surface area (Å²) >= 11 is 0. The van der Waals surface area contributed by atoms with Crippen LogP contribution in [-0.2, 0) is 16.6 Å². The second-order valence-electron chi connectivity index (χ2n) is 7.94. The van der Waals surface area contributed by atoms with E-state index in [-0.39, 0.29) is 12.6 Å². The summed E-state index contributed by atoms with van der Waals surface area (Å²) in [6, 6.07) is 19.6. The number of hydrogen-bond donors (Lipinski definition) is 0. The van der Waals surface area contributed by atoms with Crippen LogP contribution in [0, 0.1) is 0 Å². The smallest absolute Gasteiger partial charge is 0.231 e. The van der Waals surface area contributed by atoms with Crippen LogP contribution in [0.4, 0.5) is 0 Å². The van der Waals surface area contributed by atoms with Crippen molar-refractivity contribution in [3.63, 3.8) is 0 Å². The number of benzene rings is 2. The third-order valence-corrected chi connectivity index (χ3v) is 6.09. The molecule has 6 rings (SSSR count). The summed E-state index contributed by atoms with van der Waals surface area (Å²) in [5.74, 6) is 2.44. The van der Waals surface area contributed by atoms with E-state index in [0.29, 0.717) is 6.42 Å². The number of ether oxygens (including phenoxy) is 2. The summed E-state index contributed by atoms with van der Waals surface area (Å²) in [6.07, 6.45) is 3.82. The van der Waals surface area contributed by atoms with E-state index in [1.165, 1.54) is 0 Å². The lowest BCUT2D eigenvalue weighted by atomic mass is 9.88. The second kappa shape index (κ2) is 6.46. The Labute approximate surface area is 173 Å². The number of Topliss-reactive ketones (excluding diaryl/α,β-unsaturated/α-hetero) is 1. The molecule has 2 aromatic carbocycles. The molecule has 3 heterocycles. The number of furan rings is 1. The summed E-state index contributed by atoms with van der Waals surface area (Å²) in [7, 11) is 0. The van der Waals surface area contributed by atoms with Crippen LogP contribution < -0.4 is 9.47 Å². The highest BCUT2D eigenvalue weighted by Gasteiger charge is 2.50. The molecular formula is C25H19NO4. The Kier molecular flexibility index (Phi) is 3.72. The van der Waals surface area contributed by atoms with E-state index >= 15 is 0 Å². The maximum atomic E-state index is 13.1. The highest BCUT2D eigenvalue weighted by Crippen LogP contribution is 2.51. The quantitative estimate of drug-likeness (QED) is 0.471. The minimum atomic E-state index is -0.417. The lowest BCUT2D eigenvalue weighted by Gasteiger charge is -2.15. The fraction of sp³-hybridized carbons (Fsp3) is 0.200. The Bertz CT molecular complexity index is 1240. The van der Waals surface area contributed by atoms with E-state index in [2.05, 4.69) is 4.98 Å². The molecule has 0 atom stereocenters. The van der Waals surface area contributed by atoms with Crippen LogP contribution in [0.3, 0.4) is 0 Å². The van der Waals surface area contributed by atoms with Gasteiger partial charge < -0.3 is 13.9 Å². The Morgan fingerprint density at radius 3 is 2.63 bits per heavy atom. The number of rotatable bonds is 5. The van der Waals surface area contributed by atoms with Crippen molar-refractivity contribution >= 4 is 16.8 Å². The van der Waals surface area contributed by atoms with Crippen molar-refractivity contribution in [2.24, 2.45) is 0 Å². The molecule has 2 aliphatic rings. The molecule has 4 aromatic rings. The molecular weight excluding hydrogens is 378 g/mol. The van der Waals surface area contributed by atoms with Crippen LogP contribution in [0.25, 0.3) is 22.3 Å². The Morgan fingerprint density at radius 1 is 0.967 bits per heavy atom. The molecule has 30 heavy (non-hydrogen) atoms. The van der Waals surface area contributed by atoms with Gasteiger partial charge in [0.1, 0.15) is 17.1 Å². The molecule has 0 N–H and O–H groups in total. The van der Waals surface area contributed by atoms with Crippen molar-refractivity contribution in [3.8, 4) is 22.8 Å². The molecule has 2 aromatic heterocycles. The van der Waals surface area contributed by atoms with Crippen molar-refractivity contribution < 1.29 is 18.7 Å². The summed E-state index contributed by atoms with van der Waals surface area (Å²) in [4.78, 5) is 17.7. The first-order valence-electron chi connectivity index (χ1n) is 10.1. The second-order valence-corrected chi connectivity index (χ2v) is 7.94. The third kappa shape index (κ3) is 2.77. The van der Waals surface area contributed by atoms with E-state index in [9.17, 15) is 4.79 Å². The van der Waals surface area contributed by atoms with Gasteiger partial charge in [0.25, 0.3) is 0 Å². The average Bonchev–Trinajstić information content (AvgIpc) is 3.26. The summed E-state index contributed by atoms with van der Waals surface area (Å²) in [5.41, 5.74) is 3.12. The number of ketones is 1. The van der Waals surface area contributed by atoms with Gasteiger partial charge in [0.15, 0.2) is 11.5 Å². The zero-order chi connectivity index (χ0) is 20.1. The van der Waals surface area contributed by atoms with Gasteiger partial charge in [-0.2, -0.15) is 0 Å². The predicted octanol–water partition coefficient (Wildman–Crippen LogP) is 5.07. The molecule has 1 saturated carbocycles. The van der Waals surface area contributed by atoms with Gasteiger partial charge in [-0.3, -0.25) is 9.78 Å². The number of fused-ring (bicyclic) bond motifs is 2. The molecule has 5 heteroatoms. The number of pyridine rings is 1. The zero-order valence-electron chi connectivity index (χ0n) is 16.3. The number of carbonyl (C=O) groups is 1. The molecule has 0 bridgehead atoms. The van der Waals surface area contributed by atoms with Crippen molar-refractivity contribution in [3.05, 3.63) is 78.1 Å². The highest BCUT2D eigenvalue weighted by atomic mass is 16.7. The summed E-state index contributed by atoms with van der Waals surface area (Å²) < 4.78 is 16.8. The first-order valence-corrected chi connectivity index (χ1v) is 10.1. The van der Waals surface area contributed by atoms with E-state index in [4.69, 9.17) is 13.9 Å². The monoisotopic (exact) mass is 397 g/mol. The normalized spacial score (nSPS) is 16.0. The average molecular weight is 397 g/mol. The van der Waals surface area contributed by atoms with Crippen molar-refractivity contribution in [2.75, 3.05) is 6.79 Å². The Hall–Kier alpha value is -3.60. The molecule has 0 radical (unpaired) electrons. The Morgan fingerprint density at radius 2 is 1.83 bits per heavy atom. The van der Waals surface area contributed by atoms with E-state index in [1.807, 2.05) is 60.7 Å². The van der Waals surface area contributed by atoms with Crippen LogP contribution in [0.1, 0.15) is 24.1 Å². The van der Waals surface area contributed by atoms with Gasteiger partial charge in [0.2, 0.25) is 6.79 Å². The molecule has 5 nitrogen and oxygen atoms in total. The maximum Gasteiger partial charge on any atom is 0.231 e. The zero-order valence-corrected chi connectivity index (χ0v) is 16.3. The van der Waals surface area contributed by atoms with Gasteiger partial charge >= 0.3 is 0 Å². The number of para-hydroxylation sites is 1. The molecule has 0 unspecified atom stereocenters. The lowest BCUT2D eigenvalue weighted by Crippen LogP contribution is -2.22. The minimum Gasteiger partial charge on any atom is -0.456 e. The maximum absolute atomic E-state index is 13.1. The van der Waals surface area contributed by atoms with E-state index < -0.39 is 5.41 Å². The number of carbonyl (C=O) groups excluding carboxylic acids is 1. The topological polar surface area (TPSA) is 61.6 Å². The van der Waals surface area contributed by atoms with Crippen LogP contribution in [0.15, 0.2) is 71.3 Å². The lowest BCUT2D eigenvalue weighted by molar-refractivity contribution is -0.120. The van der Waals surface area contributed by atoms with Gasteiger partial charge in [-0.1, -0.05) is 24.3 Å². The summed E-state index contributed by atoms with van der Waals surface area (Å²) in [6.45, 7) is 0.237. The largest absolute Gasteiger partial charge is 0.456 e. The Balaban J connectivity index is 1.22. The standard InChI is InChI=1S/C25H19NO4/c27-24(25(9-10-25)18-6-8-21-23(12-18)29-15-28-21)13-19-7-5-17(14-26-19)22-11-16-3-1-2-4-20(16)30-22/h1-8,11-12,14H,9-10,13,15H2. The highest BCUT2D eigenvalue weighted by molar-refractivity contribution is 5.94. The molecule has 148 valence electrons. The SMILES string of the molecule is O=C(Cc1ccc(-c2cc3ccccc3o2)cn1)C1(c2ccc3c(c2)OCO3)CC1. The molecule has 0 saturated heterocycles. The molecule has 0 amide bonds. The molecule has 0 spiro atoms. The van der Waals surface area contributed by atoms with Gasteiger partial charge in [-0.15, -0.1) is 0 Å². The van der Waals surface area contributed by atoms with Crippen LogP contribution in [-0.4, -0.2) is 17.6 Å². The van der Waals surface area contributed by atoms with Gasteiger partial charge in [-0.25, -0.2) is 0 Å². The minimum absolute atomic E-state index is 0.199. The molecule has 1 aliphatic heterocycles. The van der Waals surface area contributed by atoms with Gasteiger partial charge in [0, 0.05) is 29.3 Å². The van der Waals surface area contributed by atoms with E-state index in [0.717, 1.165) is 57.9 Å². The van der Waals surface area contributed by atoms with Crippen molar-refractivity contribution in [2.45, 2.75) is 24.7 Å². The summed E-state index contributed by atoms with van der Waals surface area (Å²) in [5, 5.41) is 1.06. The molecule has 1 fully saturated rings. The van der Waals surface area contributed by atoms with Crippen molar-refractivity contribution in [1.29, 1.82) is 0 Å². The first kappa shape index (κ1) is 17.3. The molecule has 1 aliphatic carbocycles. The number of nitrogens with zero attached hydrogens (tertiary/aromatic N) is 1. The fourth-order valence-electron chi connectivity index (χ4n) is 4.18. The van der Waals surface area contributed by atoms with Gasteiger partial charge in [0.05, 0.1) is 5.41 Å². The first-order chi connectivity index (χ1) is 14.7. The van der Waals surface area contributed by atoms with Crippen molar-refractivity contribution in [1.82, 2.24) is 4.98 Å². The predicted molar refractivity (Wildman–Crippen MR) is 112 cm³/mol. The number of aromatic nitrogens is 1. The number of hydrogen-bond acceptors (Lipinski definition) is 5. The van der Waals surface area contributed by atoms with Gasteiger partial charge in [-0.05, 0) is 54.8 Å². The van der Waals surface area contributed by atoms with Crippen LogP contribution in [0.5, 0.6) is 11.5 Å². The van der Waals surface area contributed by atoms with Crippen LogP contribution >= 0.6 is 0 Å². The fourth-order valence-corrected chi connectivity index (χ4v) is 4.18. The van der Waals surface area contributed by atoms with Crippen LogP contribution in [0.2, 0.25) is 0 Å². The van der Waals surface area contributed by atoms with E-state index in [1.54, 1.807) is 6.20 Å². The third-order valence-electron chi connectivity index (χ3n) is 6.09.